The predicted molar refractivity (Wildman–Crippen MR) is 66.0 cm³/mol. The fourth-order valence-electron chi connectivity index (χ4n) is 1.44. The van der Waals surface area contributed by atoms with Crippen LogP contribution in [0.15, 0.2) is 60.7 Å². The summed E-state index contributed by atoms with van der Waals surface area (Å²) in [6.07, 6.45) is 0. The topological polar surface area (TPSA) is 0 Å². The van der Waals surface area contributed by atoms with Crippen molar-refractivity contribution in [3.8, 4) is 0 Å². The van der Waals surface area contributed by atoms with Gasteiger partial charge in [-0.15, -0.1) is 0 Å². The molecule has 0 aliphatic carbocycles. The molecule has 16 heavy (non-hydrogen) atoms. The van der Waals surface area contributed by atoms with Crippen LogP contribution < -0.4 is 24.0 Å². The van der Waals surface area contributed by atoms with Gasteiger partial charge in [0.2, 0.25) is 0 Å². The van der Waals surface area contributed by atoms with E-state index < -0.39 is 0 Å². The van der Waals surface area contributed by atoms with Gasteiger partial charge in [0.05, 0.1) is 0 Å². The van der Waals surface area contributed by atoms with Gasteiger partial charge in [0, 0.05) is 0 Å². The molecule has 0 aliphatic rings. The van der Waals surface area contributed by atoms with Gasteiger partial charge in [0.15, 0.2) is 0 Å². The van der Waals surface area contributed by atoms with Crippen molar-refractivity contribution in [3.05, 3.63) is 71.8 Å². The molecule has 0 N–H and O–H groups in total. The molecular formula is C14H14ITe-. The van der Waals surface area contributed by atoms with E-state index in [1.165, 1.54) is 20.1 Å². The van der Waals surface area contributed by atoms with Gasteiger partial charge in [0.1, 0.15) is 0 Å². The summed E-state index contributed by atoms with van der Waals surface area (Å²) in [7, 11) is 0. The standard InChI is InChI=1S/C14H14Te.HI/c1-3-7-13(8-4-1)11-15-12-14-9-5-2-6-10-14;/h1-10H,11-12H2;1H/p-1. The normalized spacial score (nSPS) is 9.50. The Morgan fingerprint density at radius 1 is 0.625 bits per heavy atom. The molecule has 0 bridgehead atoms. The summed E-state index contributed by atoms with van der Waals surface area (Å²) >= 11 is 0.0925. The summed E-state index contributed by atoms with van der Waals surface area (Å²) in [6.45, 7) is 0. The van der Waals surface area contributed by atoms with Crippen LogP contribution in [-0.2, 0) is 8.94 Å². The third-order valence-corrected chi connectivity index (χ3v) is 5.29. The van der Waals surface area contributed by atoms with E-state index in [0.717, 1.165) is 0 Å². The van der Waals surface area contributed by atoms with Gasteiger partial charge in [-0.2, -0.15) is 0 Å². The zero-order valence-corrected chi connectivity index (χ0v) is 13.5. The van der Waals surface area contributed by atoms with E-state index in [-0.39, 0.29) is 44.9 Å². The van der Waals surface area contributed by atoms with E-state index in [0.29, 0.717) is 0 Å². The first-order valence-corrected chi connectivity index (χ1v) is 8.40. The Kier molecular flexibility index (Phi) is 7.11. The van der Waals surface area contributed by atoms with Crippen LogP contribution in [0.3, 0.4) is 0 Å². The molecule has 0 atom stereocenters. The van der Waals surface area contributed by atoms with Crippen LogP contribution in [-0.4, -0.2) is 20.9 Å². The molecule has 0 aromatic heterocycles. The van der Waals surface area contributed by atoms with Crippen molar-refractivity contribution in [2.75, 3.05) is 0 Å². The van der Waals surface area contributed by atoms with Crippen LogP contribution in [0.5, 0.6) is 0 Å². The zero-order chi connectivity index (χ0) is 10.3. The molecule has 0 heterocycles. The number of hydrogen-bond acceptors (Lipinski definition) is 0. The summed E-state index contributed by atoms with van der Waals surface area (Å²) in [6, 6.07) is 21.6. The molecule has 0 saturated carbocycles. The first kappa shape index (κ1) is 14.0. The number of hydrogen-bond donors (Lipinski definition) is 0. The van der Waals surface area contributed by atoms with Gasteiger partial charge in [-0.1, -0.05) is 0 Å². The molecule has 0 spiro atoms. The molecule has 0 unspecified atom stereocenters. The third kappa shape index (κ3) is 4.86. The molecule has 0 amide bonds. The van der Waals surface area contributed by atoms with E-state index in [1.807, 2.05) is 0 Å². The number of halogens is 1. The Labute approximate surface area is 125 Å². The quantitative estimate of drug-likeness (QED) is 0.471. The maximum atomic E-state index is 2.23. The SMILES string of the molecule is [I-].c1ccc(C[Te]Cc2ccccc2)cc1. The monoisotopic (exact) mass is 439 g/mol. The van der Waals surface area contributed by atoms with Gasteiger partial charge in [0.25, 0.3) is 0 Å². The van der Waals surface area contributed by atoms with Crippen molar-refractivity contribution >= 4 is 20.9 Å². The van der Waals surface area contributed by atoms with Gasteiger partial charge in [-0.05, 0) is 0 Å². The maximum absolute atomic E-state index is 2.23. The predicted octanol–water partition coefficient (Wildman–Crippen LogP) is 0.0950. The fraction of sp³-hybridized carbons (Fsp3) is 0.143. The Hall–Kier alpha value is -0.0404. The van der Waals surface area contributed by atoms with Crippen LogP contribution >= 0.6 is 0 Å². The van der Waals surface area contributed by atoms with E-state index in [9.17, 15) is 0 Å². The van der Waals surface area contributed by atoms with E-state index in [4.69, 9.17) is 0 Å². The Morgan fingerprint density at radius 3 is 1.38 bits per heavy atom. The van der Waals surface area contributed by atoms with Crippen molar-refractivity contribution < 1.29 is 24.0 Å². The van der Waals surface area contributed by atoms with Crippen molar-refractivity contribution in [2.24, 2.45) is 0 Å². The van der Waals surface area contributed by atoms with E-state index in [1.54, 1.807) is 0 Å². The number of benzene rings is 2. The van der Waals surface area contributed by atoms with Crippen molar-refractivity contribution in [3.63, 3.8) is 0 Å². The van der Waals surface area contributed by atoms with Crippen LogP contribution in [0.4, 0.5) is 0 Å². The molecule has 0 nitrogen and oxygen atoms in total. The molecule has 0 fully saturated rings. The summed E-state index contributed by atoms with van der Waals surface area (Å²) in [4.78, 5) is 0. The Bertz CT molecular complexity index is 346. The Morgan fingerprint density at radius 2 is 1.00 bits per heavy atom. The molecule has 2 aromatic rings. The molecular weight excluding hydrogens is 423 g/mol. The van der Waals surface area contributed by atoms with Gasteiger partial charge >= 0.3 is 102 Å². The van der Waals surface area contributed by atoms with Crippen LogP contribution in [0.1, 0.15) is 11.1 Å². The first-order chi connectivity index (χ1) is 7.45. The molecule has 2 rings (SSSR count). The summed E-state index contributed by atoms with van der Waals surface area (Å²) < 4.78 is 2.61. The average molecular weight is 437 g/mol. The summed E-state index contributed by atoms with van der Waals surface area (Å²) in [5.74, 6) is 0. The second-order valence-electron chi connectivity index (χ2n) is 3.46. The second-order valence-corrected chi connectivity index (χ2v) is 6.28. The molecule has 0 radical (unpaired) electrons. The molecule has 0 saturated heterocycles. The van der Waals surface area contributed by atoms with Gasteiger partial charge in [-0.3, -0.25) is 0 Å². The molecule has 2 heteroatoms. The van der Waals surface area contributed by atoms with Crippen LogP contribution in [0.25, 0.3) is 0 Å². The molecule has 0 aliphatic heterocycles. The summed E-state index contributed by atoms with van der Waals surface area (Å²) in [5, 5.41) is 0. The fourth-order valence-corrected chi connectivity index (χ4v) is 4.17. The van der Waals surface area contributed by atoms with Crippen LogP contribution in [0.2, 0.25) is 0 Å². The van der Waals surface area contributed by atoms with Gasteiger partial charge < -0.3 is 24.0 Å². The first-order valence-electron chi connectivity index (χ1n) is 5.11. The zero-order valence-electron chi connectivity index (χ0n) is 8.97. The molecule has 2 aromatic carbocycles. The van der Waals surface area contributed by atoms with Crippen molar-refractivity contribution in [1.82, 2.24) is 0 Å². The van der Waals surface area contributed by atoms with E-state index >= 15 is 0 Å². The number of rotatable bonds is 4. The molecule has 84 valence electrons. The minimum atomic E-state index is 0. The van der Waals surface area contributed by atoms with E-state index in [2.05, 4.69) is 60.7 Å². The van der Waals surface area contributed by atoms with Crippen molar-refractivity contribution in [1.29, 1.82) is 0 Å². The summed E-state index contributed by atoms with van der Waals surface area (Å²) in [5.41, 5.74) is 2.99. The second kappa shape index (κ2) is 8.11. The minimum absolute atomic E-state index is 0. The third-order valence-electron chi connectivity index (χ3n) is 2.22. The van der Waals surface area contributed by atoms with Gasteiger partial charge in [-0.25, -0.2) is 0 Å². The van der Waals surface area contributed by atoms with Crippen molar-refractivity contribution in [2.45, 2.75) is 8.94 Å². The average Bonchev–Trinajstić information content (AvgIpc) is 2.32. The van der Waals surface area contributed by atoms with Crippen LogP contribution in [0, 0.1) is 0 Å². The Balaban J connectivity index is 0.00000128.